The lowest BCUT2D eigenvalue weighted by molar-refractivity contribution is 0.102. The van der Waals surface area contributed by atoms with Gasteiger partial charge in [-0.25, -0.2) is 13.5 Å². The first-order chi connectivity index (χ1) is 13.0. The Balaban J connectivity index is 1.84. The number of amides is 1. The molecule has 3 aromatic rings. The predicted octanol–water partition coefficient (Wildman–Crippen LogP) is 3.48. The Labute approximate surface area is 154 Å². The van der Waals surface area contributed by atoms with Crippen LogP contribution in [-0.2, 0) is 6.54 Å². The summed E-state index contributed by atoms with van der Waals surface area (Å²) in [5.74, 6) is -0.911. The summed E-state index contributed by atoms with van der Waals surface area (Å²) >= 11 is 0. The molecule has 27 heavy (non-hydrogen) atoms. The van der Waals surface area contributed by atoms with Crippen molar-refractivity contribution in [3.63, 3.8) is 0 Å². The SMILES string of the molecule is COc1cccc(Cn2nccc2NC(=O)c2ccc(F)cc2F)c1OC. The fraction of sp³-hybridized carbons (Fsp3) is 0.158. The number of carbonyl (C=O) groups is 1. The average molecular weight is 373 g/mol. The smallest absolute Gasteiger partial charge is 0.259 e. The van der Waals surface area contributed by atoms with Gasteiger partial charge in [0, 0.05) is 17.7 Å². The molecule has 0 atom stereocenters. The summed E-state index contributed by atoms with van der Waals surface area (Å²) in [6.45, 7) is 0.287. The van der Waals surface area contributed by atoms with Crippen molar-refractivity contribution < 1.29 is 23.0 Å². The molecule has 1 aromatic heterocycles. The van der Waals surface area contributed by atoms with Crippen molar-refractivity contribution in [2.24, 2.45) is 0 Å². The summed E-state index contributed by atoms with van der Waals surface area (Å²) in [4.78, 5) is 12.3. The Morgan fingerprint density at radius 2 is 1.96 bits per heavy atom. The number of nitrogens with zero attached hydrogens (tertiary/aromatic N) is 2. The van der Waals surface area contributed by atoms with Crippen LogP contribution in [0.4, 0.5) is 14.6 Å². The highest BCUT2D eigenvalue weighted by atomic mass is 19.1. The molecular formula is C19H17F2N3O3. The van der Waals surface area contributed by atoms with Crippen molar-refractivity contribution in [1.82, 2.24) is 9.78 Å². The minimum absolute atomic E-state index is 0.261. The minimum atomic E-state index is -0.937. The van der Waals surface area contributed by atoms with E-state index in [4.69, 9.17) is 9.47 Å². The van der Waals surface area contributed by atoms with E-state index in [2.05, 4.69) is 10.4 Å². The number of halogens is 2. The van der Waals surface area contributed by atoms with Crippen LogP contribution >= 0.6 is 0 Å². The molecule has 0 aliphatic rings. The second-order valence-corrected chi connectivity index (χ2v) is 5.61. The molecule has 1 heterocycles. The largest absolute Gasteiger partial charge is 0.493 e. The Morgan fingerprint density at radius 3 is 2.67 bits per heavy atom. The maximum absolute atomic E-state index is 13.8. The zero-order chi connectivity index (χ0) is 19.4. The lowest BCUT2D eigenvalue weighted by atomic mass is 10.2. The van der Waals surface area contributed by atoms with Crippen LogP contribution in [0.5, 0.6) is 11.5 Å². The number of hydrogen-bond acceptors (Lipinski definition) is 4. The summed E-state index contributed by atoms with van der Waals surface area (Å²) in [5, 5.41) is 6.76. The Hall–Kier alpha value is -3.42. The first kappa shape index (κ1) is 18.4. The normalized spacial score (nSPS) is 10.5. The molecule has 6 nitrogen and oxygen atoms in total. The van der Waals surface area contributed by atoms with Gasteiger partial charge in [0.05, 0.1) is 32.5 Å². The maximum atomic E-state index is 13.8. The third-order valence-corrected chi connectivity index (χ3v) is 3.94. The van der Waals surface area contributed by atoms with E-state index in [0.29, 0.717) is 23.4 Å². The molecule has 1 amide bonds. The second-order valence-electron chi connectivity index (χ2n) is 5.61. The molecule has 8 heteroatoms. The first-order valence-corrected chi connectivity index (χ1v) is 8.01. The van der Waals surface area contributed by atoms with E-state index in [0.717, 1.165) is 17.7 Å². The van der Waals surface area contributed by atoms with Gasteiger partial charge in [-0.05, 0) is 18.2 Å². The van der Waals surface area contributed by atoms with Crippen molar-refractivity contribution in [3.8, 4) is 11.5 Å². The summed E-state index contributed by atoms with van der Waals surface area (Å²) in [6, 6.07) is 9.77. The van der Waals surface area contributed by atoms with Crippen LogP contribution in [0.2, 0.25) is 0 Å². The van der Waals surface area contributed by atoms with E-state index in [1.807, 2.05) is 12.1 Å². The van der Waals surface area contributed by atoms with E-state index < -0.39 is 17.5 Å². The van der Waals surface area contributed by atoms with Crippen molar-refractivity contribution >= 4 is 11.7 Å². The maximum Gasteiger partial charge on any atom is 0.259 e. The highest BCUT2D eigenvalue weighted by Gasteiger charge is 2.16. The van der Waals surface area contributed by atoms with Crippen LogP contribution in [0.15, 0.2) is 48.7 Å². The molecule has 0 bridgehead atoms. The van der Waals surface area contributed by atoms with E-state index in [9.17, 15) is 13.6 Å². The van der Waals surface area contributed by atoms with E-state index in [1.165, 1.54) is 18.0 Å². The molecular weight excluding hydrogens is 356 g/mol. The van der Waals surface area contributed by atoms with Gasteiger partial charge in [-0.1, -0.05) is 12.1 Å². The molecule has 140 valence electrons. The standard InChI is InChI=1S/C19H17F2N3O3/c1-26-16-5-3-4-12(18(16)27-2)11-24-17(8-9-22-24)23-19(25)14-7-6-13(20)10-15(14)21/h3-10H,11H2,1-2H3,(H,23,25). The van der Waals surface area contributed by atoms with Crippen LogP contribution in [0.1, 0.15) is 15.9 Å². The lowest BCUT2D eigenvalue weighted by Crippen LogP contribution is -2.17. The number of methoxy groups -OCH3 is 2. The van der Waals surface area contributed by atoms with E-state index in [-0.39, 0.29) is 12.1 Å². The van der Waals surface area contributed by atoms with Gasteiger partial charge in [-0.3, -0.25) is 4.79 Å². The molecule has 0 saturated heterocycles. The summed E-state index contributed by atoms with van der Waals surface area (Å²) < 4.78 is 39.0. The minimum Gasteiger partial charge on any atom is -0.493 e. The number of rotatable bonds is 6. The number of carbonyl (C=O) groups excluding carboxylic acids is 1. The van der Waals surface area contributed by atoms with Gasteiger partial charge in [0.15, 0.2) is 11.5 Å². The number of ether oxygens (including phenoxy) is 2. The number of hydrogen-bond donors (Lipinski definition) is 1. The van der Waals surface area contributed by atoms with Gasteiger partial charge in [0.25, 0.3) is 5.91 Å². The van der Waals surface area contributed by atoms with Crippen LogP contribution < -0.4 is 14.8 Å². The molecule has 1 N–H and O–H groups in total. The van der Waals surface area contributed by atoms with Crippen LogP contribution in [0.3, 0.4) is 0 Å². The number of aromatic nitrogens is 2. The molecule has 2 aromatic carbocycles. The zero-order valence-corrected chi connectivity index (χ0v) is 14.7. The number of para-hydroxylation sites is 1. The molecule has 3 rings (SSSR count). The summed E-state index contributed by atoms with van der Waals surface area (Å²) in [7, 11) is 3.07. The second kappa shape index (κ2) is 7.86. The third kappa shape index (κ3) is 3.89. The Morgan fingerprint density at radius 1 is 1.15 bits per heavy atom. The topological polar surface area (TPSA) is 65.4 Å². The molecule has 0 radical (unpaired) electrons. The van der Waals surface area contributed by atoms with Crippen molar-refractivity contribution in [2.45, 2.75) is 6.54 Å². The quantitative estimate of drug-likeness (QED) is 0.719. The van der Waals surface area contributed by atoms with Crippen molar-refractivity contribution in [2.75, 3.05) is 19.5 Å². The highest BCUT2D eigenvalue weighted by Crippen LogP contribution is 2.31. The monoisotopic (exact) mass is 373 g/mol. The number of benzene rings is 2. The van der Waals surface area contributed by atoms with E-state index in [1.54, 1.807) is 19.2 Å². The number of nitrogens with one attached hydrogen (secondary N) is 1. The van der Waals surface area contributed by atoms with Gasteiger partial charge in [-0.2, -0.15) is 5.10 Å². The molecule has 0 fully saturated rings. The number of anilines is 1. The van der Waals surface area contributed by atoms with Gasteiger partial charge >= 0.3 is 0 Å². The summed E-state index contributed by atoms with van der Waals surface area (Å²) in [6.07, 6.45) is 1.50. The van der Waals surface area contributed by atoms with Crippen LogP contribution in [0, 0.1) is 11.6 Å². The van der Waals surface area contributed by atoms with Crippen LogP contribution in [0.25, 0.3) is 0 Å². The molecule has 0 unspecified atom stereocenters. The molecule has 0 spiro atoms. The third-order valence-electron chi connectivity index (χ3n) is 3.94. The van der Waals surface area contributed by atoms with Crippen molar-refractivity contribution in [3.05, 3.63) is 71.4 Å². The molecule has 0 aliphatic carbocycles. The lowest BCUT2D eigenvalue weighted by Gasteiger charge is -2.14. The summed E-state index contributed by atoms with van der Waals surface area (Å²) in [5.41, 5.74) is 0.520. The Bertz CT molecular complexity index is 973. The van der Waals surface area contributed by atoms with Crippen molar-refractivity contribution in [1.29, 1.82) is 0 Å². The van der Waals surface area contributed by atoms with Gasteiger partial charge in [0.2, 0.25) is 0 Å². The predicted molar refractivity (Wildman–Crippen MR) is 95.2 cm³/mol. The highest BCUT2D eigenvalue weighted by molar-refractivity contribution is 6.04. The Kier molecular flexibility index (Phi) is 5.35. The van der Waals surface area contributed by atoms with E-state index >= 15 is 0 Å². The van der Waals surface area contributed by atoms with Crippen LogP contribution in [-0.4, -0.2) is 29.9 Å². The fourth-order valence-electron chi connectivity index (χ4n) is 2.66. The average Bonchev–Trinajstić information content (AvgIpc) is 3.07. The van der Waals surface area contributed by atoms with Gasteiger partial charge < -0.3 is 14.8 Å². The van der Waals surface area contributed by atoms with Gasteiger partial charge in [0.1, 0.15) is 17.5 Å². The fourth-order valence-corrected chi connectivity index (χ4v) is 2.66. The molecule has 0 saturated carbocycles. The first-order valence-electron chi connectivity index (χ1n) is 8.01. The molecule has 0 aliphatic heterocycles. The zero-order valence-electron chi connectivity index (χ0n) is 14.7. The van der Waals surface area contributed by atoms with Gasteiger partial charge in [-0.15, -0.1) is 0 Å².